The van der Waals surface area contributed by atoms with Crippen molar-refractivity contribution in [1.82, 2.24) is 4.98 Å². The van der Waals surface area contributed by atoms with Crippen molar-refractivity contribution in [2.24, 2.45) is 5.73 Å². The quantitative estimate of drug-likeness (QED) is 0.838. The average molecular weight is 246 g/mol. The maximum absolute atomic E-state index is 14.1. The van der Waals surface area contributed by atoms with Gasteiger partial charge in [0.15, 0.2) is 0 Å². The van der Waals surface area contributed by atoms with Crippen molar-refractivity contribution < 1.29 is 4.39 Å². The number of nitrogens with two attached hydrogens (primary N) is 1. The summed E-state index contributed by atoms with van der Waals surface area (Å²) in [5, 5.41) is 0.990. The molecular weight excluding hydrogens is 227 g/mol. The van der Waals surface area contributed by atoms with Crippen LogP contribution in [-0.4, -0.2) is 11.5 Å². The molecule has 0 atom stereocenters. The van der Waals surface area contributed by atoms with E-state index < -0.39 is 0 Å². The van der Waals surface area contributed by atoms with Crippen molar-refractivity contribution in [2.75, 3.05) is 6.54 Å². The molecule has 0 spiro atoms. The highest BCUT2D eigenvalue weighted by Crippen LogP contribution is 2.41. The molecule has 1 aliphatic carbocycles. The molecule has 0 bridgehead atoms. The minimum absolute atomic E-state index is 0.00125. The second kappa shape index (κ2) is 4.09. The summed E-state index contributed by atoms with van der Waals surface area (Å²) in [5.41, 5.74) is 8.76. The van der Waals surface area contributed by atoms with Crippen molar-refractivity contribution in [2.45, 2.75) is 38.0 Å². The fraction of sp³-hybridized carbons (Fsp3) is 0.467. The number of hydrogen-bond acceptors (Lipinski definition) is 1. The Morgan fingerprint density at radius 3 is 2.72 bits per heavy atom. The van der Waals surface area contributed by atoms with E-state index in [2.05, 4.69) is 11.1 Å². The summed E-state index contributed by atoms with van der Waals surface area (Å²) in [7, 11) is 0. The minimum Gasteiger partial charge on any atom is -0.359 e. The highest BCUT2D eigenvalue weighted by molar-refractivity contribution is 5.84. The van der Waals surface area contributed by atoms with E-state index in [0.29, 0.717) is 12.1 Å². The van der Waals surface area contributed by atoms with E-state index in [9.17, 15) is 4.39 Å². The van der Waals surface area contributed by atoms with Gasteiger partial charge < -0.3 is 10.7 Å². The first kappa shape index (κ1) is 11.7. The summed E-state index contributed by atoms with van der Waals surface area (Å²) in [6.07, 6.45) is 6.42. The molecule has 18 heavy (non-hydrogen) atoms. The van der Waals surface area contributed by atoms with E-state index in [4.69, 9.17) is 5.73 Å². The third-order valence-electron chi connectivity index (χ3n) is 4.51. The normalized spacial score (nSPS) is 18.6. The number of aromatic amines is 1. The smallest absolute Gasteiger partial charge is 0.147 e. The van der Waals surface area contributed by atoms with Crippen molar-refractivity contribution in [3.8, 4) is 0 Å². The summed E-state index contributed by atoms with van der Waals surface area (Å²) >= 11 is 0. The molecule has 2 nitrogen and oxygen atoms in total. The third-order valence-corrected chi connectivity index (χ3v) is 4.51. The van der Waals surface area contributed by atoms with Gasteiger partial charge in [0.2, 0.25) is 0 Å². The molecule has 0 aliphatic heterocycles. The standard InChI is InChI=1S/C15H19FN2/c1-10-8-18-14-12(10)6-11(7-13(14)16)15(9-17)4-2-3-5-15/h6-8,18H,2-5,9,17H2,1H3. The van der Waals surface area contributed by atoms with Gasteiger partial charge in [-0.3, -0.25) is 0 Å². The summed E-state index contributed by atoms with van der Waals surface area (Å²) in [5.74, 6) is -0.157. The molecule has 96 valence electrons. The van der Waals surface area contributed by atoms with E-state index in [1.54, 1.807) is 6.07 Å². The van der Waals surface area contributed by atoms with Crippen LogP contribution in [0.25, 0.3) is 10.9 Å². The number of hydrogen-bond donors (Lipinski definition) is 2. The van der Waals surface area contributed by atoms with Crippen LogP contribution in [0.5, 0.6) is 0 Å². The van der Waals surface area contributed by atoms with Gasteiger partial charge in [0.05, 0.1) is 5.52 Å². The molecule has 0 unspecified atom stereocenters. The molecule has 3 rings (SSSR count). The van der Waals surface area contributed by atoms with E-state index in [-0.39, 0.29) is 11.2 Å². The number of aromatic nitrogens is 1. The van der Waals surface area contributed by atoms with Crippen LogP contribution in [0.4, 0.5) is 4.39 Å². The maximum atomic E-state index is 14.1. The lowest BCUT2D eigenvalue weighted by Gasteiger charge is -2.28. The zero-order valence-corrected chi connectivity index (χ0v) is 10.7. The van der Waals surface area contributed by atoms with Gasteiger partial charge >= 0.3 is 0 Å². The van der Waals surface area contributed by atoms with Crippen molar-refractivity contribution in [1.29, 1.82) is 0 Å². The highest BCUT2D eigenvalue weighted by atomic mass is 19.1. The second-order valence-electron chi connectivity index (χ2n) is 5.54. The Labute approximate surface area is 106 Å². The molecule has 1 aromatic carbocycles. The van der Waals surface area contributed by atoms with Gasteiger partial charge in [0.1, 0.15) is 5.82 Å². The number of fused-ring (bicyclic) bond motifs is 1. The Morgan fingerprint density at radius 2 is 2.06 bits per heavy atom. The fourth-order valence-electron chi connectivity index (χ4n) is 3.29. The molecule has 1 saturated carbocycles. The van der Waals surface area contributed by atoms with Gasteiger partial charge in [0.25, 0.3) is 0 Å². The number of halogens is 1. The Morgan fingerprint density at radius 1 is 1.33 bits per heavy atom. The summed E-state index contributed by atoms with van der Waals surface area (Å²) in [6, 6.07) is 3.80. The van der Waals surface area contributed by atoms with E-state index in [1.165, 1.54) is 12.8 Å². The lowest BCUT2D eigenvalue weighted by Crippen LogP contribution is -2.32. The number of rotatable bonds is 2. The van der Waals surface area contributed by atoms with E-state index in [1.807, 2.05) is 13.1 Å². The van der Waals surface area contributed by atoms with Crippen LogP contribution < -0.4 is 5.73 Å². The Hall–Kier alpha value is -1.35. The lowest BCUT2D eigenvalue weighted by molar-refractivity contribution is 0.450. The first-order valence-electron chi connectivity index (χ1n) is 6.64. The summed E-state index contributed by atoms with van der Waals surface area (Å²) in [4.78, 5) is 3.00. The zero-order valence-electron chi connectivity index (χ0n) is 10.7. The van der Waals surface area contributed by atoms with Crippen molar-refractivity contribution in [3.05, 3.63) is 35.3 Å². The molecule has 0 radical (unpaired) electrons. The molecular formula is C15H19FN2. The molecule has 1 aliphatic rings. The van der Waals surface area contributed by atoms with Gasteiger partial charge in [-0.2, -0.15) is 0 Å². The first-order valence-corrected chi connectivity index (χ1v) is 6.64. The number of aryl methyl sites for hydroxylation is 1. The first-order chi connectivity index (χ1) is 8.66. The van der Waals surface area contributed by atoms with Gasteiger partial charge in [-0.15, -0.1) is 0 Å². The van der Waals surface area contributed by atoms with Crippen LogP contribution in [-0.2, 0) is 5.41 Å². The SMILES string of the molecule is Cc1c[nH]c2c(F)cc(C3(CN)CCCC3)cc12. The van der Waals surface area contributed by atoms with Gasteiger partial charge in [-0.25, -0.2) is 4.39 Å². The minimum atomic E-state index is -0.157. The second-order valence-corrected chi connectivity index (χ2v) is 5.54. The molecule has 0 saturated heterocycles. The summed E-state index contributed by atoms with van der Waals surface area (Å²) < 4.78 is 14.1. The molecule has 1 fully saturated rings. The topological polar surface area (TPSA) is 41.8 Å². The van der Waals surface area contributed by atoms with Crippen LogP contribution in [0.15, 0.2) is 18.3 Å². The molecule has 1 heterocycles. The monoisotopic (exact) mass is 246 g/mol. The Bertz CT molecular complexity index is 579. The third kappa shape index (κ3) is 1.57. The number of nitrogens with one attached hydrogen (secondary N) is 1. The van der Waals surface area contributed by atoms with Crippen molar-refractivity contribution in [3.63, 3.8) is 0 Å². The van der Waals surface area contributed by atoms with Crippen LogP contribution >= 0.6 is 0 Å². The van der Waals surface area contributed by atoms with Crippen LogP contribution in [0.2, 0.25) is 0 Å². The lowest BCUT2D eigenvalue weighted by atomic mass is 9.78. The Kier molecular flexibility index (Phi) is 2.67. The van der Waals surface area contributed by atoms with Crippen LogP contribution in [0.1, 0.15) is 36.8 Å². The predicted molar refractivity (Wildman–Crippen MR) is 72.2 cm³/mol. The maximum Gasteiger partial charge on any atom is 0.147 e. The largest absolute Gasteiger partial charge is 0.359 e. The molecule has 0 amide bonds. The number of benzene rings is 1. The van der Waals surface area contributed by atoms with Gasteiger partial charge in [0, 0.05) is 23.5 Å². The fourth-order valence-corrected chi connectivity index (χ4v) is 3.29. The zero-order chi connectivity index (χ0) is 12.8. The van der Waals surface area contributed by atoms with Gasteiger partial charge in [-0.1, -0.05) is 12.8 Å². The van der Waals surface area contributed by atoms with Crippen LogP contribution in [0.3, 0.4) is 0 Å². The van der Waals surface area contributed by atoms with E-state index >= 15 is 0 Å². The van der Waals surface area contributed by atoms with E-state index in [0.717, 1.165) is 29.4 Å². The van der Waals surface area contributed by atoms with Gasteiger partial charge in [-0.05, 0) is 43.0 Å². The molecule has 2 aromatic rings. The summed E-state index contributed by atoms with van der Waals surface area (Å²) in [6.45, 7) is 2.62. The molecule has 3 N–H and O–H groups in total. The predicted octanol–water partition coefficient (Wildman–Crippen LogP) is 3.39. The number of H-pyrrole nitrogens is 1. The van der Waals surface area contributed by atoms with Crippen molar-refractivity contribution >= 4 is 10.9 Å². The Balaban J connectivity index is 2.20. The average Bonchev–Trinajstić information content (AvgIpc) is 2.98. The molecule has 1 aromatic heterocycles. The molecule has 3 heteroatoms. The highest BCUT2D eigenvalue weighted by Gasteiger charge is 2.35. The van der Waals surface area contributed by atoms with Crippen LogP contribution in [0, 0.1) is 12.7 Å².